The van der Waals surface area contributed by atoms with Crippen LogP contribution in [0.15, 0.2) is 0 Å². The molecule has 0 aliphatic carbocycles. The van der Waals surface area contributed by atoms with Crippen LogP contribution < -0.4 is 0 Å². The van der Waals surface area contributed by atoms with Gasteiger partial charge in [0.25, 0.3) is 0 Å². The van der Waals surface area contributed by atoms with Crippen molar-refractivity contribution in [3.05, 3.63) is 0 Å². The lowest BCUT2D eigenvalue weighted by Gasteiger charge is -2.06. The van der Waals surface area contributed by atoms with Crippen LogP contribution in [0.5, 0.6) is 0 Å². The molecule has 32 heavy (non-hydrogen) atoms. The molecule has 0 fully saturated rings. The first kappa shape index (κ1) is 32.2. The van der Waals surface area contributed by atoms with E-state index in [0.717, 1.165) is 32.1 Å². The summed E-state index contributed by atoms with van der Waals surface area (Å²) < 4.78 is 38.1. The monoisotopic (exact) mass is 497 g/mol. The van der Waals surface area contributed by atoms with Gasteiger partial charge in [-0.15, -0.1) is 4.52 Å². The second-order valence-corrected chi connectivity index (χ2v) is 11.4. The van der Waals surface area contributed by atoms with Crippen molar-refractivity contribution < 1.29 is 27.4 Å². The van der Waals surface area contributed by atoms with Crippen molar-refractivity contribution >= 4 is 16.1 Å². The summed E-state index contributed by atoms with van der Waals surface area (Å²) in [5.74, 6) is 0. The number of phosphoric ester groups is 1. The maximum atomic E-state index is 11.8. The van der Waals surface area contributed by atoms with Crippen LogP contribution >= 0.6 is 16.1 Å². The van der Waals surface area contributed by atoms with Crippen LogP contribution in [0.2, 0.25) is 0 Å². The van der Waals surface area contributed by atoms with Gasteiger partial charge >= 0.3 is 16.1 Å². The van der Waals surface area contributed by atoms with Crippen molar-refractivity contribution in [2.24, 2.45) is 0 Å². The van der Waals surface area contributed by atoms with Gasteiger partial charge < -0.3 is 0 Å². The molecule has 192 valence electrons. The Morgan fingerprint density at radius 1 is 0.594 bits per heavy atom. The molecule has 0 aromatic heterocycles. The summed E-state index contributed by atoms with van der Waals surface area (Å²) in [5.41, 5.74) is 0. The van der Waals surface area contributed by atoms with Crippen molar-refractivity contribution in [2.75, 3.05) is 13.2 Å². The standard InChI is InChI=1S/C24H50O6P2/c1-3-5-7-9-11-13-15-17-19-21-23-28-31(25)30-32(26,27)29-24-22-20-18-16-14-12-10-8-6-4-2/h3-24H2,1-2H3/p+1. The highest BCUT2D eigenvalue weighted by atomic mass is 31.2. The molecule has 0 aromatic carbocycles. The zero-order valence-electron chi connectivity index (χ0n) is 20.9. The minimum atomic E-state index is -4.32. The van der Waals surface area contributed by atoms with E-state index in [0.29, 0.717) is 6.42 Å². The molecule has 0 spiro atoms. The van der Waals surface area contributed by atoms with Gasteiger partial charge in [0.05, 0.1) is 6.61 Å². The van der Waals surface area contributed by atoms with E-state index in [1.807, 2.05) is 0 Å². The molecular weight excluding hydrogens is 446 g/mol. The molecule has 0 amide bonds. The number of hydrogen-bond acceptors (Lipinski definition) is 5. The fourth-order valence-electron chi connectivity index (χ4n) is 3.63. The maximum absolute atomic E-state index is 11.8. The molecule has 6 nitrogen and oxygen atoms in total. The Morgan fingerprint density at radius 2 is 0.938 bits per heavy atom. The van der Waals surface area contributed by atoms with E-state index in [2.05, 4.69) is 18.2 Å². The lowest BCUT2D eigenvalue weighted by atomic mass is 10.1. The van der Waals surface area contributed by atoms with Crippen molar-refractivity contribution in [1.82, 2.24) is 0 Å². The molecule has 0 aliphatic rings. The Bertz CT molecular complexity index is 462. The largest absolute Gasteiger partial charge is 0.708 e. The molecule has 2 atom stereocenters. The van der Waals surface area contributed by atoms with Crippen molar-refractivity contribution in [3.63, 3.8) is 0 Å². The van der Waals surface area contributed by atoms with Gasteiger partial charge in [-0.25, -0.2) is 4.57 Å². The van der Waals surface area contributed by atoms with Crippen LogP contribution in [-0.2, 0) is 22.5 Å². The van der Waals surface area contributed by atoms with Crippen molar-refractivity contribution in [2.45, 2.75) is 142 Å². The maximum Gasteiger partial charge on any atom is 0.708 e. The topological polar surface area (TPSA) is 82.1 Å². The number of hydrogen-bond donors (Lipinski definition) is 1. The number of unbranched alkanes of at least 4 members (excludes halogenated alkanes) is 18. The number of phosphoric acid groups is 1. The quantitative estimate of drug-likeness (QED) is 0.0946. The highest BCUT2D eigenvalue weighted by molar-refractivity contribution is 7.56. The molecule has 0 saturated carbocycles. The molecule has 0 rings (SSSR count). The lowest BCUT2D eigenvalue weighted by molar-refractivity contribution is 0.186. The van der Waals surface area contributed by atoms with E-state index in [1.54, 1.807) is 0 Å². The summed E-state index contributed by atoms with van der Waals surface area (Å²) in [6.45, 7) is 4.85. The van der Waals surface area contributed by atoms with Crippen LogP contribution in [0.4, 0.5) is 0 Å². The summed E-state index contributed by atoms with van der Waals surface area (Å²) in [6, 6.07) is 0. The summed E-state index contributed by atoms with van der Waals surface area (Å²) in [7, 11) is -6.95. The van der Waals surface area contributed by atoms with Crippen molar-refractivity contribution in [3.8, 4) is 0 Å². The fraction of sp³-hybridized carbons (Fsp3) is 1.00. The van der Waals surface area contributed by atoms with Gasteiger partial charge in [0.1, 0.15) is 6.61 Å². The Labute approximate surface area is 199 Å². The Morgan fingerprint density at radius 3 is 1.34 bits per heavy atom. The summed E-state index contributed by atoms with van der Waals surface area (Å²) in [5, 5.41) is 0. The lowest BCUT2D eigenvalue weighted by Crippen LogP contribution is -1.95. The van der Waals surface area contributed by atoms with Gasteiger partial charge in [-0.1, -0.05) is 129 Å². The Balaban J connectivity index is 3.47. The van der Waals surface area contributed by atoms with E-state index in [1.165, 1.54) is 89.9 Å². The van der Waals surface area contributed by atoms with E-state index in [4.69, 9.17) is 9.05 Å². The third-order valence-electron chi connectivity index (χ3n) is 5.62. The first-order valence-corrected chi connectivity index (χ1v) is 15.9. The first-order chi connectivity index (χ1) is 15.5. The average Bonchev–Trinajstić information content (AvgIpc) is 2.75. The van der Waals surface area contributed by atoms with Gasteiger partial charge in [-0.3, -0.25) is 9.42 Å². The van der Waals surface area contributed by atoms with Crippen LogP contribution in [-0.4, -0.2) is 18.1 Å². The van der Waals surface area contributed by atoms with Crippen LogP contribution in [0.3, 0.4) is 0 Å². The summed E-state index contributed by atoms with van der Waals surface area (Å²) >= 11 is 0. The minimum Gasteiger partial charge on any atom is -0.300 e. The molecule has 0 radical (unpaired) electrons. The van der Waals surface area contributed by atoms with E-state index in [9.17, 15) is 14.0 Å². The summed E-state index contributed by atoms with van der Waals surface area (Å²) in [4.78, 5) is 9.65. The van der Waals surface area contributed by atoms with E-state index in [-0.39, 0.29) is 13.2 Å². The molecule has 2 unspecified atom stereocenters. The minimum absolute atomic E-state index is 0.131. The van der Waals surface area contributed by atoms with Crippen LogP contribution in [0.1, 0.15) is 142 Å². The molecule has 0 aliphatic heterocycles. The van der Waals surface area contributed by atoms with Crippen LogP contribution in [0, 0.1) is 0 Å². The molecule has 0 bridgehead atoms. The smallest absolute Gasteiger partial charge is 0.300 e. The van der Waals surface area contributed by atoms with Gasteiger partial charge in [0.2, 0.25) is 0 Å². The molecule has 8 heteroatoms. The Hall–Kier alpha value is 0.170. The normalized spacial score (nSPS) is 13.9. The second kappa shape index (κ2) is 24.3. The van der Waals surface area contributed by atoms with Gasteiger partial charge in [-0.05, 0) is 17.2 Å². The average molecular weight is 498 g/mol. The summed E-state index contributed by atoms with van der Waals surface area (Å²) in [6.07, 6.45) is 23.7. The van der Waals surface area contributed by atoms with Gasteiger partial charge in [0.15, 0.2) is 0 Å². The van der Waals surface area contributed by atoms with Gasteiger partial charge in [-0.2, -0.15) is 0 Å². The predicted octanol–water partition coefficient (Wildman–Crippen LogP) is 9.64. The molecular formula is C24H51O6P2+. The van der Waals surface area contributed by atoms with Gasteiger partial charge in [0, 0.05) is 4.57 Å². The molecule has 0 aromatic rings. The SMILES string of the molecule is CCCCCCCCCCCCO[P+](=O)OP(=O)(O)OCCCCCCCCCCCC. The highest BCUT2D eigenvalue weighted by Crippen LogP contribution is 2.52. The predicted molar refractivity (Wildman–Crippen MR) is 134 cm³/mol. The Kier molecular flexibility index (Phi) is 24.4. The third-order valence-corrected chi connectivity index (χ3v) is 7.88. The van der Waals surface area contributed by atoms with E-state index >= 15 is 0 Å². The fourth-order valence-corrected chi connectivity index (χ4v) is 5.32. The van der Waals surface area contributed by atoms with E-state index < -0.39 is 16.1 Å². The zero-order valence-corrected chi connectivity index (χ0v) is 22.7. The second-order valence-electron chi connectivity index (χ2n) is 8.80. The molecule has 0 saturated heterocycles. The number of rotatable bonds is 26. The third kappa shape index (κ3) is 24.8. The molecule has 0 heterocycles. The van der Waals surface area contributed by atoms with Crippen LogP contribution in [0.25, 0.3) is 0 Å². The first-order valence-electron chi connectivity index (χ1n) is 13.3. The zero-order chi connectivity index (χ0) is 23.8. The van der Waals surface area contributed by atoms with Crippen molar-refractivity contribution in [1.29, 1.82) is 0 Å². The molecule has 1 N–H and O–H groups in total. The highest BCUT2D eigenvalue weighted by Gasteiger charge is 2.37.